The molecule has 0 aromatic heterocycles. The van der Waals surface area contributed by atoms with Crippen LogP contribution in [0.5, 0.6) is 0 Å². The first-order valence-electron chi connectivity index (χ1n) is 11.5. The molecule has 0 saturated carbocycles. The number of carbonyl (C=O) groups excluding carboxylic acids is 1. The maximum absolute atomic E-state index is 13.5. The minimum atomic E-state index is -3.93. The lowest BCUT2D eigenvalue weighted by atomic mass is 9.96. The highest BCUT2D eigenvalue weighted by Crippen LogP contribution is 2.32. The fourth-order valence-electron chi connectivity index (χ4n) is 4.44. The maximum Gasteiger partial charge on any atom is 0.243 e. The van der Waals surface area contributed by atoms with Gasteiger partial charge in [-0.2, -0.15) is 4.31 Å². The van der Waals surface area contributed by atoms with Crippen LogP contribution >= 0.6 is 34.8 Å². The molecule has 0 bridgehead atoms. The number of ether oxygens (including phenoxy) is 2. The van der Waals surface area contributed by atoms with Gasteiger partial charge in [0.25, 0.3) is 0 Å². The number of fused-ring (bicyclic) bond motifs is 1. The van der Waals surface area contributed by atoms with Gasteiger partial charge in [0.15, 0.2) is 0 Å². The largest absolute Gasteiger partial charge is 0.389 e. The normalized spacial score (nSPS) is 25.4. The Morgan fingerprint density at radius 3 is 2.53 bits per heavy atom. The Kier molecular flexibility index (Phi) is 9.17. The van der Waals surface area contributed by atoms with E-state index in [1.165, 1.54) is 28.6 Å². The zero-order valence-corrected chi connectivity index (χ0v) is 22.4. The highest BCUT2D eigenvalue weighted by Gasteiger charge is 2.43. The maximum atomic E-state index is 13.5. The van der Waals surface area contributed by atoms with Crippen LogP contribution in [0.25, 0.3) is 0 Å². The quantitative estimate of drug-likeness (QED) is 0.543. The van der Waals surface area contributed by atoms with Crippen molar-refractivity contribution in [1.82, 2.24) is 9.62 Å². The molecule has 2 aromatic rings. The highest BCUT2D eigenvalue weighted by molar-refractivity contribution is 7.89. The van der Waals surface area contributed by atoms with Gasteiger partial charge in [-0.05, 0) is 54.8 Å². The number of nitrogens with one attached hydrogen (secondary N) is 1. The summed E-state index contributed by atoms with van der Waals surface area (Å²) in [6.07, 6.45) is -0.897. The predicted octanol–water partition coefficient (Wildman–Crippen LogP) is 3.65. The topological polar surface area (TPSA) is 105 Å². The van der Waals surface area contributed by atoms with E-state index in [0.29, 0.717) is 34.5 Å². The summed E-state index contributed by atoms with van der Waals surface area (Å²) in [4.78, 5) is 12.7. The van der Waals surface area contributed by atoms with Crippen LogP contribution in [-0.4, -0.2) is 67.8 Å². The van der Waals surface area contributed by atoms with Crippen molar-refractivity contribution in [3.8, 4) is 0 Å². The smallest absolute Gasteiger partial charge is 0.243 e. The second-order valence-corrected chi connectivity index (χ2v) is 12.0. The summed E-state index contributed by atoms with van der Waals surface area (Å²) in [5.74, 6) is -0.197. The first-order chi connectivity index (χ1) is 17.1. The van der Waals surface area contributed by atoms with Crippen molar-refractivity contribution in [2.45, 2.75) is 55.1 Å². The van der Waals surface area contributed by atoms with Crippen LogP contribution < -0.4 is 5.32 Å². The van der Waals surface area contributed by atoms with Gasteiger partial charge < -0.3 is 19.9 Å². The molecule has 196 valence electrons. The Balaban J connectivity index is 1.42. The molecule has 2 fully saturated rings. The average molecular weight is 578 g/mol. The Morgan fingerprint density at radius 1 is 1.06 bits per heavy atom. The summed E-state index contributed by atoms with van der Waals surface area (Å²) in [6.45, 7) is 0.261. The van der Waals surface area contributed by atoms with Gasteiger partial charge in [-0.1, -0.05) is 40.9 Å². The van der Waals surface area contributed by atoms with Crippen molar-refractivity contribution in [3.05, 3.63) is 63.1 Å². The number of aliphatic hydroxyl groups excluding tert-OH is 1. The third-order valence-corrected chi connectivity index (χ3v) is 9.14. The number of hydrogen-bond acceptors (Lipinski definition) is 6. The Bertz CT molecular complexity index is 1180. The van der Waals surface area contributed by atoms with Gasteiger partial charge in [0.2, 0.25) is 15.9 Å². The third kappa shape index (κ3) is 6.71. The molecule has 2 N–H and O–H groups in total. The number of aliphatic hydroxyl groups is 1. The number of amides is 1. The Labute approximate surface area is 225 Å². The van der Waals surface area contributed by atoms with Crippen molar-refractivity contribution >= 4 is 50.7 Å². The zero-order valence-electron chi connectivity index (χ0n) is 19.3. The molecule has 0 aliphatic carbocycles. The molecule has 2 heterocycles. The van der Waals surface area contributed by atoms with Crippen LogP contribution in [0, 0.1) is 0 Å². The molecule has 1 amide bonds. The molecule has 2 aromatic carbocycles. The second-order valence-electron chi connectivity index (χ2n) is 8.89. The fraction of sp³-hybridized carbons (Fsp3) is 0.458. The van der Waals surface area contributed by atoms with E-state index in [1.54, 1.807) is 18.2 Å². The molecule has 2 saturated heterocycles. The molecular weight excluding hydrogens is 551 g/mol. The van der Waals surface area contributed by atoms with Crippen LogP contribution in [0.2, 0.25) is 15.1 Å². The molecule has 2 aliphatic rings. The van der Waals surface area contributed by atoms with Gasteiger partial charge in [-0.3, -0.25) is 4.79 Å². The van der Waals surface area contributed by atoms with E-state index in [0.717, 1.165) is 5.56 Å². The Hall–Kier alpha value is -1.43. The summed E-state index contributed by atoms with van der Waals surface area (Å²) in [6, 6.07) is 10.5. The van der Waals surface area contributed by atoms with Crippen LogP contribution in [-0.2, 0) is 30.8 Å². The van der Waals surface area contributed by atoms with E-state index in [-0.39, 0.29) is 37.0 Å². The lowest BCUT2D eigenvalue weighted by molar-refractivity contribution is -0.146. The SMILES string of the molecule is O=C(C[C@H]1CC[C@@H]2[C@H](COC[C@H](O)CN2S(=O)(=O)c2ccc(Cl)cc2)O1)NCc1ccc(Cl)c(Cl)c1. The lowest BCUT2D eigenvalue weighted by Gasteiger charge is -2.43. The van der Waals surface area contributed by atoms with Crippen molar-refractivity contribution in [2.24, 2.45) is 0 Å². The molecule has 0 unspecified atom stereocenters. The van der Waals surface area contributed by atoms with E-state index in [9.17, 15) is 18.3 Å². The van der Waals surface area contributed by atoms with Gasteiger partial charge in [0, 0.05) is 18.1 Å². The van der Waals surface area contributed by atoms with Crippen molar-refractivity contribution in [1.29, 1.82) is 0 Å². The zero-order chi connectivity index (χ0) is 25.9. The number of benzene rings is 2. The summed E-state index contributed by atoms with van der Waals surface area (Å²) in [5.41, 5.74) is 0.817. The minimum absolute atomic E-state index is 0.0198. The molecule has 4 rings (SSSR count). The number of nitrogens with zero attached hydrogens (tertiary/aromatic N) is 1. The molecule has 2 aliphatic heterocycles. The Morgan fingerprint density at radius 2 is 1.81 bits per heavy atom. The minimum Gasteiger partial charge on any atom is -0.389 e. The number of halogens is 3. The lowest BCUT2D eigenvalue weighted by Crippen LogP contribution is -2.57. The number of sulfonamides is 1. The summed E-state index contributed by atoms with van der Waals surface area (Å²) >= 11 is 17.9. The van der Waals surface area contributed by atoms with Crippen molar-refractivity contribution in [3.63, 3.8) is 0 Å². The van der Waals surface area contributed by atoms with Crippen LogP contribution in [0.4, 0.5) is 0 Å². The molecule has 8 nitrogen and oxygen atoms in total. The van der Waals surface area contributed by atoms with Gasteiger partial charge in [-0.15, -0.1) is 0 Å². The van der Waals surface area contributed by atoms with Crippen LogP contribution in [0.1, 0.15) is 24.8 Å². The highest BCUT2D eigenvalue weighted by atomic mass is 35.5. The molecule has 0 radical (unpaired) electrons. The molecular formula is C24H27Cl3N2O6S. The molecule has 12 heteroatoms. The van der Waals surface area contributed by atoms with E-state index >= 15 is 0 Å². The standard InChI is InChI=1S/C24H27Cl3N2O6S/c25-16-2-5-19(6-3-16)36(32,33)29-12-17(30)13-34-14-23-22(29)8-4-18(35-23)10-24(31)28-11-15-1-7-20(26)21(27)9-15/h1-3,5-7,9,17-18,22-23,30H,4,8,10-14H2,(H,28,31)/t17-,18-,22-,23+/m1/s1. The van der Waals surface area contributed by atoms with Crippen molar-refractivity contribution < 1.29 is 27.8 Å². The number of rotatable bonds is 6. The van der Waals surface area contributed by atoms with Gasteiger partial charge >= 0.3 is 0 Å². The third-order valence-electron chi connectivity index (χ3n) is 6.24. The second kappa shape index (κ2) is 12.0. The number of β-amino-alcohol motifs (C(OH)–C–C–N with tert-alkyl or cyclic N) is 1. The van der Waals surface area contributed by atoms with E-state index < -0.39 is 34.4 Å². The van der Waals surface area contributed by atoms with Gasteiger partial charge in [0.05, 0.1) is 58.9 Å². The van der Waals surface area contributed by atoms with E-state index in [2.05, 4.69) is 5.32 Å². The number of carbonyl (C=O) groups is 1. The van der Waals surface area contributed by atoms with Gasteiger partial charge in [-0.25, -0.2) is 8.42 Å². The molecule has 36 heavy (non-hydrogen) atoms. The van der Waals surface area contributed by atoms with Gasteiger partial charge in [0.1, 0.15) is 0 Å². The first-order valence-corrected chi connectivity index (χ1v) is 14.1. The monoisotopic (exact) mass is 576 g/mol. The van der Waals surface area contributed by atoms with Crippen LogP contribution in [0.3, 0.4) is 0 Å². The summed E-state index contributed by atoms with van der Waals surface area (Å²) in [5, 5.41) is 14.5. The summed E-state index contributed by atoms with van der Waals surface area (Å²) < 4.78 is 40.0. The van der Waals surface area contributed by atoms with Crippen LogP contribution in [0.15, 0.2) is 47.4 Å². The molecule has 0 spiro atoms. The fourth-order valence-corrected chi connectivity index (χ4v) is 6.61. The van der Waals surface area contributed by atoms with E-state index in [4.69, 9.17) is 44.3 Å². The average Bonchev–Trinajstić information content (AvgIpc) is 2.83. The van der Waals surface area contributed by atoms with E-state index in [1.807, 2.05) is 0 Å². The number of hydrogen-bond donors (Lipinski definition) is 2. The predicted molar refractivity (Wildman–Crippen MR) is 137 cm³/mol. The first kappa shape index (κ1) is 27.6. The summed E-state index contributed by atoms with van der Waals surface area (Å²) in [7, 11) is -3.93. The molecule has 4 atom stereocenters. The van der Waals surface area contributed by atoms with Crippen molar-refractivity contribution in [2.75, 3.05) is 19.8 Å².